The molecule has 1 aromatic rings. The molecule has 4 heteroatoms. The van der Waals surface area contributed by atoms with Crippen molar-refractivity contribution in [3.8, 4) is 5.75 Å². The number of fused-ring (bicyclic) bond motifs is 5. The molecule has 0 spiro atoms. The molecule has 4 nitrogen and oxygen atoms in total. The molecule has 96 valence electrons. The third-order valence-electron chi connectivity index (χ3n) is 3.88. The van der Waals surface area contributed by atoms with Crippen molar-refractivity contribution in [3.63, 3.8) is 0 Å². The van der Waals surface area contributed by atoms with Crippen LogP contribution in [0.2, 0.25) is 0 Å². The zero-order chi connectivity index (χ0) is 13.1. The number of Topliss-reactive ketones (excluding diaryl/α,β-unsaturated/α-hetero) is 1. The smallest absolute Gasteiger partial charge is 0.193 e. The van der Waals surface area contributed by atoms with Gasteiger partial charge in [-0.1, -0.05) is 12.1 Å². The summed E-state index contributed by atoms with van der Waals surface area (Å²) in [6, 6.07) is 4.80. The summed E-state index contributed by atoms with van der Waals surface area (Å²) in [5.74, 6) is -0.0203. The Bertz CT molecular complexity index is 656. The van der Waals surface area contributed by atoms with E-state index in [9.17, 15) is 15.0 Å². The summed E-state index contributed by atoms with van der Waals surface area (Å²) in [6.07, 6.45) is 3.09. The number of aliphatic hydroxyl groups is 1. The van der Waals surface area contributed by atoms with Crippen LogP contribution in [0.15, 0.2) is 41.5 Å². The minimum atomic E-state index is -0.550. The molecule has 0 radical (unpaired) electrons. The zero-order valence-electron chi connectivity index (χ0n) is 10.0. The molecule has 3 aliphatic rings. The molecule has 2 aliphatic carbocycles. The van der Waals surface area contributed by atoms with Gasteiger partial charge in [-0.25, -0.2) is 0 Å². The fourth-order valence-corrected chi connectivity index (χ4v) is 2.91. The molecular weight excluding hydrogens is 244 g/mol. The molecule has 3 unspecified atom stereocenters. The Hall–Kier alpha value is -1.91. The first-order valence-corrected chi connectivity index (χ1v) is 6.28. The summed E-state index contributed by atoms with van der Waals surface area (Å²) in [5.41, 5.74) is 2.70. The number of benzene rings is 1. The van der Waals surface area contributed by atoms with E-state index in [1.54, 1.807) is 24.3 Å². The van der Waals surface area contributed by atoms with Crippen LogP contribution in [0.25, 0.3) is 0 Å². The second-order valence-corrected chi connectivity index (χ2v) is 5.12. The van der Waals surface area contributed by atoms with E-state index in [-0.39, 0.29) is 23.7 Å². The summed E-state index contributed by atoms with van der Waals surface area (Å²) in [5, 5.41) is 19.3. The van der Waals surface area contributed by atoms with Gasteiger partial charge in [-0.3, -0.25) is 4.79 Å². The number of carbonyl (C=O) groups is 1. The SMILES string of the molecule is O=C1C2=CCC(O)C=C2C2OC2c2ccc(O)cc21. The van der Waals surface area contributed by atoms with Crippen molar-refractivity contribution in [2.75, 3.05) is 0 Å². The number of aliphatic hydroxyl groups excluding tert-OH is 1. The topological polar surface area (TPSA) is 70.1 Å². The van der Waals surface area contributed by atoms with Crippen LogP contribution in [-0.2, 0) is 4.74 Å². The van der Waals surface area contributed by atoms with E-state index < -0.39 is 6.10 Å². The number of hydrogen-bond acceptors (Lipinski definition) is 4. The lowest BCUT2D eigenvalue weighted by atomic mass is 9.90. The molecule has 0 aromatic heterocycles. The Morgan fingerprint density at radius 1 is 1.26 bits per heavy atom. The predicted molar refractivity (Wildman–Crippen MR) is 66.8 cm³/mol. The van der Waals surface area contributed by atoms with Crippen molar-refractivity contribution in [1.82, 2.24) is 0 Å². The molecule has 19 heavy (non-hydrogen) atoms. The van der Waals surface area contributed by atoms with E-state index in [1.807, 2.05) is 0 Å². The number of phenolic OH excluding ortho intramolecular Hbond substituents is 1. The van der Waals surface area contributed by atoms with Crippen molar-refractivity contribution in [2.45, 2.75) is 24.7 Å². The largest absolute Gasteiger partial charge is 0.508 e. The molecular formula is C15H12O4. The van der Waals surface area contributed by atoms with E-state index in [0.29, 0.717) is 17.6 Å². The fraction of sp³-hybridized carbons (Fsp3) is 0.267. The lowest BCUT2D eigenvalue weighted by Gasteiger charge is -2.16. The third kappa shape index (κ3) is 1.50. The third-order valence-corrected chi connectivity index (χ3v) is 3.88. The van der Waals surface area contributed by atoms with Crippen LogP contribution in [0.5, 0.6) is 5.75 Å². The first kappa shape index (κ1) is 11.0. The standard InChI is InChI=1S/C15H12O4/c16-7-2-4-10-11(5-7)13(18)9-3-1-8(17)6-12(9)15-14(10)19-15/h2-6,8,14-17H,1H2. The summed E-state index contributed by atoms with van der Waals surface area (Å²) in [7, 11) is 0. The molecule has 1 aromatic carbocycles. The van der Waals surface area contributed by atoms with Gasteiger partial charge in [-0.05, 0) is 35.8 Å². The Morgan fingerprint density at radius 2 is 2.11 bits per heavy atom. The van der Waals surface area contributed by atoms with Gasteiger partial charge >= 0.3 is 0 Å². The van der Waals surface area contributed by atoms with Gasteiger partial charge in [0.25, 0.3) is 0 Å². The lowest BCUT2D eigenvalue weighted by Crippen LogP contribution is -2.16. The lowest BCUT2D eigenvalue weighted by molar-refractivity contribution is 0.103. The molecule has 4 rings (SSSR count). The molecule has 1 aliphatic heterocycles. The molecule has 0 bridgehead atoms. The molecule has 0 amide bonds. The number of aromatic hydroxyl groups is 1. The molecule has 2 N–H and O–H groups in total. The van der Waals surface area contributed by atoms with Crippen molar-refractivity contribution in [2.24, 2.45) is 0 Å². The van der Waals surface area contributed by atoms with Crippen molar-refractivity contribution >= 4 is 5.78 Å². The van der Waals surface area contributed by atoms with Crippen molar-refractivity contribution in [1.29, 1.82) is 0 Å². The highest BCUT2D eigenvalue weighted by molar-refractivity contribution is 6.14. The number of phenols is 1. The van der Waals surface area contributed by atoms with Crippen molar-refractivity contribution < 1.29 is 19.7 Å². The average Bonchev–Trinajstić information content (AvgIpc) is 3.17. The number of rotatable bonds is 0. The van der Waals surface area contributed by atoms with Gasteiger partial charge in [-0.15, -0.1) is 0 Å². The molecule has 3 atom stereocenters. The van der Waals surface area contributed by atoms with Crippen LogP contribution < -0.4 is 0 Å². The van der Waals surface area contributed by atoms with Gasteiger partial charge in [0.2, 0.25) is 0 Å². The van der Waals surface area contributed by atoms with Crippen LogP contribution in [0.3, 0.4) is 0 Å². The Labute approximate surface area is 109 Å². The second-order valence-electron chi connectivity index (χ2n) is 5.12. The van der Waals surface area contributed by atoms with Crippen molar-refractivity contribution in [3.05, 3.63) is 52.6 Å². The number of carbonyl (C=O) groups excluding carboxylic acids is 1. The maximum atomic E-state index is 12.5. The van der Waals surface area contributed by atoms with Crippen LogP contribution >= 0.6 is 0 Å². The quantitative estimate of drug-likeness (QED) is 0.692. The number of ketones is 1. The van der Waals surface area contributed by atoms with E-state index in [4.69, 9.17) is 4.74 Å². The van der Waals surface area contributed by atoms with E-state index in [0.717, 1.165) is 11.1 Å². The van der Waals surface area contributed by atoms with Crippen LogP contribution in [0, 0.1) is 0 Å². The van der Waals surface area contributed by atoms with Crippen LogP contribution in [0.1, 0.15) is 28.4 Å². The molecule has 1 fully saturated rings. The highest BCUT2D eigenvalue weighted by Crippen LogP contribution is 2.51. The van der Waals surface area contributed by atoms with Crippen LogP contribution in [-0.4, -0.2) is 28.2 Å². The van der Waals surface area contributed by atoms with E-state index >= 15 is 0 Å². The van der Waals surface area contributed by atoms with Gasteiger partial charge in [-0.2, -0.15) is 0 Å². The van der Waals surface area contributed by atoms with Gasteiger partial charge < -0.3 is 14.9 Å². The van der Waals surface area contributed by atoms with Crippen LogP contribution in [0.4, 0.5) is 0 Å². The highest BCUT2D eigenvalue weighted by Gasteiger charge is 2.49. The minimum absolute atomic E-state index is 0.0770. The highest BCUT2D eigenvalue weighted by atomic mass is 16.6. The van der Waals surface area contributed by atoms with Gasteiger partial charge in [0.05, 0.1) is 6.10 Å². The van der Waals surface area contributed by atoms with E-state index in [1.165, 1.54) is 6.07 Å². The molecule has 0 saturated carbocycles. The first-order valence-electron chi connectivity index (χ1n) is 6.28. The number of epoxide rings is 1. The monoisotopic (exact) mass is 256 g/mol. The van der Waals surface area contributed by atoms with Gasteiger partial charge in [0.1, 0.15) is 18.0 Å². The summed E-state index contributed by atoms with van der Waals surface area (Å²) < 4.78 is 5.64. The number of ether oxygens (including phenoxy) is 1. The Balaban J connectivity index is 1.92. The fourth-order valence-electron chi connectivity index (χ4n) is 2.91. The van der Waals surface area contributed by atoms with E-state index in [2.05, 4.69) is 0 Å². The molecule has 1 saturated heterocycles. The zero-order valence-corrected chi connectivity index (χ0v) is 10.0. The summed E-state index contributed by atoms with van der Waals surface area (Å²) in [4.78, 5) is 12.5. The summed E-state index contributed by atoms with van der Waals surface area (Å²) in [6.45, 7) is 0. The average molecular weight is 256 g/mol. The maximum Gasteiger partial charge on any atom is 0.193 e. The summed E-state index contributed by atoms with van der Waals surface area (Å²) >= 11 is 0. The predicted octanol–water partition coefficient (Wildman–Crippen LogP) is 1.65. The minimum Gasteiger partial charge on any atom is -0.508 e. The Morgan fingerprint density at radius 3 is 2.95 bits per heavy atom. The van der Waals surface area contributed by atoms with Gasteiger partial charge in [0, 0.05) is 11.1 Å². The maximum absolute atomic E-state index is 12.5. The first-order chi connectivity index (χ1) is 9.15. The Kier molecular flexibility index (Phi) is 2.05. The second kappa shape index (κ2) is 3.56. The van der Waals surface area contributed by atoms with Gasteiger partial charge in [0.15, 0.2) is 5.78 Å². The number of hydrogen-bond donors (Lipinski definition) is 2. The normalized spacial score (nSPS) is 31.4. The molecule has 1 heterocycles.